The van der Waals surface area contributed by atoms with Crippen LogP contribution in [0.4, 0.5) is 26.3 Å². The van der Waals surface area contributed by atoms with Crippen molar-refractivity contribution in [1.29, 1.82) is 0 Å². The van der Waals surface area contributed by atoms with Crippen LogP contribution in [0.15, 0.2) is 0 Å². The summed E-state index contributed by atoms with van der Waals surface area (Å²) in [4.78, 5) is 0. The Kier molecular flexibility index (Phi) is 4.25. The van der Waals surface area contributed by atoms with E-state index in [-0.39, 0.29) is 6.92 Å². The molecule has 0 spiro atoms. The molecule has 11 heteroatoms. The van der Waals surface area contributed by atoms with E-state index >= 15 is 0 Å². The summed E-state index contributed by atoms with van der Waals surface area (Å²) < 4.78 is 87.3. The van der Waals surface area contributed by atoms with Gasteiger partial charge in [-0.2, -0.15) is 0 Å². The molecule has 92 valence electrons. The van der Waals surface area contributed by atoms with Crippen LogP contribution in [0.2, 0.25) is 0 Å². The minimum atomic E-state index is -5.58. The monoisotopic (exact) mass is 278 g/mol. The summed E-state index contributed by atoms with van der Waals surface area (Å²) in [5.74, 6) is 0. The van der Waals surface area contributed by atoms with Gasteiger partial charge < -0.3 is 14.2 Å². The number of hydrogen-bond acceptors (Lipinski definition) is 3. The van der Waals surface area contributed by atoms with Gasteiger partial charge >= 0.3 is 15.3 Å². The van der Waals surface area contributed by atoms with Gasteiger partial charge in [0.15, 0.2) is 0 Å². The summed E-state index contributed by atoms with van der Waals surface area (Å²) in [6.45, 7) is -0.0554. The van der Waals surface area contributed by atoms with Crippen LogP contribution in [0, 0.1) is 0 Å². The van der Waals surface area contributed by atoms with Crippen LogP contribution in [0.25, 0.3) is 0 Å². The van der Waals surface area contributed by atoms with Gasteiger partial charge in [0.1, 0.15) is 22.4 Å². The first kappa shape index (κ1) is 15.2. The molecule has 0 heterocycles. The zero-order chi connectivity index (χ0) is 12.7. The Hall–Kier alpha value is 0.160. The molecule has 0 saturated heterocycles. The quantitative estimate of drug-likeness (QED) is 0.609. The molecule has 0 radical (unpaired) electrons. The smallest absolute Gasteiger partial charge is 0.580 e. The zero-order valence-corrected chi connectivity index (χ0v) is 8.48. The molecule has 3 nitrogen and oxygen atoms in total. The zero-order valence-electron chi connectivity index (χ0n) is 6.85. The summed E-state index contributed by atoms with van der Waals surface area (Å²) >= 11 is -8.58. The maximum atomic E-state index is 11.7. The molecule has 0 aromatic rings. The van der Waals surface area contributed by atoms with Gasteiger partial charge in [0, 0.05) is 0 Å². The second-order valence-corrected chi connectivity index (χ2v) is 6.18. The first-order valence-corrected chi connectivity index (χ1v) is 5.31. The molecule has 0 bridgehead atoms. The Balaban J connectivity index is 4.98. The first-order valence-electron chi connectivity index (χ1n) is 3.01. The predicted octanol–water partition coefficient (Wildman–Crippen LogP) is 1.19. The molecule has 0 saturated carbocycles. The van der Waals surface area contributed by atoms with Crippen LogP contribution in [0.1, 0.15) is 6.92 Å². The lowest BCUT2D eigenvalue weighted by Gasteiger charge is -2.28. The number of alkyl halides is 6. The Morgan fingerprint density at radius 3 is 1.20 bits per heavy atom. The van der Waals surface area contributed by atoms with E-state index < -0.39 is 37.6 Å². The van der Waals surface area contributed by atoms with Gasteiger partial charge in [0.25, 0.3) is 0 Å². The van der Waals surface area contributed by atoms with Crippen molar-refractivity contribution < 1.29 is 40.6 Å². The number of aliphatic hydroxyl groups is 1. The lowest BCUT2D eigenvalue weighted by atomic mass is 10.9. The van der Waals surface area contributed by atoms with Crippen LogP contribution in [0.3, 0.4) is 0 Å². The highest BCUT2D eigenvalue weighted by Gasteiger charge is 2.69. The van der Waals surface area contributed by atoms with Crippen LogP contribution in [0.5, 0.6) is 0 Å². The van der Waals surface area contributed by atoms with Crippen molar-refractivity contribution in [1.82, 2.24) is 0 Å². The number of halogens is 6. The van der Waals surface area contributed by atoms with Crippen LogP contribution < -0.4 is 0 Å². The number of hydrogen-bond donors (Lipinski definition) is 1. The fourth-order valence-corrected chi connectivity index (χ4v) is 2.47. The molecular formula is C4H4F6O3S2. The van der Waals surface area contributed by atoms with Gasteiger partial charge in [-0.1, -0.05) is 0 Å². The molecule has 2 atom stereocenters. The highest BCUT2D eigenvalue weighted by Crippen LogP contribution is 2.41. The van der Waals surface area contributed by atoms with Gasteiger partial charge in [-0.05, 0) is 0 Å². The molecule has 0 aromatic carbocycles. The summed E-state index contributed by atoms with van der Waals surface area (Å²) in [5.41, 5.74) is -11.2. The topological polar surface area (TPSA) is 66.3 Å². The van der Waals surface area contributed by atoms with E-state index in [4.69, 9.17) is 5.11 Å². The molecule has 2 unspecified atom stereocenters. The van der Waals surface area contributed by atoms with Gasteiger partial charge in [-0.25, -0.2) is 0 Å². The average Bonchev–Trinajstić information content (AvgIpc) is 1.98. The van der Waals surface area contributed by atoms with E-state index in [9.17, 15) is 35.4 Å². The second kappa shape index (κ2) is 4.20. The van der Waals surface area contributed by atoms with E-state index in [0.29, 0.717) is 0 Å². The normalized spacial score (nSPS) is 22.0. The third-order valence-corrected chi connectivity index (χ3v) is 4.23. The van der Waals surface area contributed by atoms with E-state index in [0.717, 1.165) is 0 Å². The van der Waals surface area contributed by atoms with Crippen molar-refractivity contribution in [3.63, 3.8) is 0 Å². The maximum Gasteiger partial charge on any atom is 0.580 e. The summed E-state index contributed by atoms with van der Waals surface area (Å²) in [6.07, 6.45) is 0. The summed E-state index contributed by atoms with van der Waals surface area (Å²) in [7, 11) is 0. The fourth-order valence-electron chi connectivity index (χ4n) is 0.498. The van der Waals surface area contributed by atoms with Crippen molar-refractivity contribution in [3.8, 4) is 0 Å². The molecule has 0 amide bonds. The van der Waals surface area contributed by atoms with Gasteiger partial charge in [0.05, 0.1) is 6.92 Å². The van der Waals surface area contributed by atoms with E-state index in [1.165, 1.54) is 0 Å². The van der Waals surface area contributed by atoms with Crippen molar-refractivity contribution in [2.24, 2.45) is 0 Å². The minimum Gasteiger partial charge on any atom is -0.603 e. The Labute approximate surface area is 85.8 Å². The maximum absolute atomic E-state index is 11.7. The van der Waals surface area contributed by atoms with Gasteiger partial charge in [-0.3, -0.25) is 0 Å². The predicted molar refractivity (Wildman–Crippen MR) is 39.0 cm³/mol. The Bertz CT molecular complexity index is 203. The molecule has 0 aliphatic rings. The Morgan fingerprint density at radius 1 is 0.867 bits per heavy atom. The summed E-state index contributed by atoms with van der Waals surface area (Å²) in [6, 6.07) is 0. The second-order valence-electron chi connectivity index (χ2n) is 2.33. The largest absolute Gasteiger partial charge is 0.603 e. The van der Waals surface area contributed by atoms with E-state index in [2.05, 4.69) is 0 Å². The highest BCUT2D eigenvalue weighted by atomic mass is 32.3. The first-order chi connectivity index (χ1) is 6.31. The van der Waals surface area contributed by atoms with Crippen molar-refractivity contribution in [2.45, 2.75) is 22.2 Å². The molecule has 0 fully saturated rings. The third-order valence-electron chi connectivity index (χ3n) is 1.11. The van der Waals surface area contributed by atoms with Gasteiger partial charge in [0.2, 0.25) is 0 Å². The molecular weight excluding hydrogens is 274 g/mol. The molecule has 0 aromatic heterocycles. The van der Waals surface area contributed by atoms with Crippen LogP contribution >= 0.6 is 0 Å². The lowest BCUT2D eigenvalue weighted by Crippen LogP contribution is -2.54. The molecule has 1 N–H and O–H groups in total. The molecule has 0 rings (SSSR count). The molecule has 15 heavy (non-hydrogen) atoms. The van der Waals surface area contributed by atoms with Crippen molar-refractivity contribution in [2.75, 3.05) is 0 Å². The minimum absolute atomic E-state index is 0.0554. The van der Waals surface area contributed by atoms with E-state index in [1.54, 1.807) is 0 Å². The number of rotatable bonds is 2. The van der Waals surface area contributed by atoms with Crippen LogP contribution in [-0.2, 0) is 22.4 Å². The van der Waals surface area contributed by atoms with Crippen LogP contribution in [-0.4, -0.2) is 29.5 Å². The van der Waals surface area contributed by atoms with Crippen molar-refractivity contribution >= 4 is 22.4 Å². The third kappa shape index (κ3) is 3.59. The highest BCUT2D eigenvalue weighted by molar-refractivity contribution is 8.10. The Morgan fingerprint density at radius 2 is 1.07 bits per heavy atom. The lowest BCUT2D eigenvalue weighted by molar-refractivity contribution is -0.0555. The fraction of sp³-hybridized carbons (Fsp3) is 1.00. The standard InChI is InChI=1S/C4H4F6O3S2/c1-2(11,14(12)3(5,6)7)15(13)4(8,9)10/h11H,1H3. The van der Waals surface area contributed by atoms with Crippen molar-refractivity contribution in [3.05, 3.63) is 0 Å². The summed E-state index contributed by atoms with van der Waals surface area (Å²) in [5, 5.41) is 8.68. The average molecular weight is 278 g/mol. The van der Waals surface area contributed by atoms with E-state index in [1.807, 2.05) is 0 Å². The molecule has 0 aliphatic heterocycles. The molecule has 0 aliphatic carbocycles. The van der Waals surface area contributed by atoms with Gasteiger partial charge in [-0.15, -0.1) is 26.3 Å². The SMILES string of the molecule is CC(O)([S+]([O-])C(F)(F)F)[S+]([O-])C(F)(F)F.